The van der Waals surface area contributed by atoms with E-state index in [4.69, 9.17) is 18.9 Å². The number of aryl methyl sites for hydroxylation is 2. The highest BCUT2D eigenvalue weighted by Crippen LogP contribution is 2.39. The van der Waals surface area contributed by atoms with E-state index in [0.29, 0.717) is 72.8 Å². The first-order valence-corrected chi connectivity index (χ1v) is 26.5. The average Bonchev–Trinajstić information content (AvgIpc) is 3.80. The fraction of sp³-hybridized carbons (Fsp3) is 0.480. The van der Waals surface area contributed by atoms with Gasteiger partial charge in [-0.3, -0.25) is 9.59 Å². The van der Waals surface area contributed by atoms with Crippen molar-refractivity contribution < 1.29 is 45.4 Å². The van der Waals surface area contributed by atoms with Gasteiger partial charge < -0.3 is 29.6 Å². The Kier molecular flexibility index (Phi) is 18.7. The zero-order valence-electron chi connectivity index (χ0n) is 39.6. The van der Waals surface area contributed by atoms with Crippen LogP contribution in [0, 0.1) is 0 Å². The predicted molar refractivity (Wildman–Crippen MR) is 261 cm³/mol. The second-order valence-electron chi connectivity index (χ2n) is 17.8. The molecule has 0 amide bonds. The Morgan fingerprint density at radius 1 is 0.561 bits per heavy atom. The number of carbonyl (C=O) groups excluding carboxylic acids is 2. The Hall–Kier alpha value is -4.52. The van der Waals surface area contributed by atoms with E-state index in [1.165, 1.54) is 11.1 Å². The van der Waals surface area contributed by atoms with E-state index in [9.17, 15) is 26.4 Å². The smallest absolute Gasteiger partial charge is 0.208 e. The molecule has 2 saturated heterocycles. The number of hydrogen-bond donors (Lipinski definition) is 4. The number of unbranched alkanes of at least 4 members (excludes halogenated alkanes) is 2. The number of ether oxygens (including phenoxy) is 4. The Morgan fingerprint density at radius 3 is 1.23 bits per heavy atom. The Labute approximate surface area is 392 Å². The summed E-state index contributed by atoms with van der Waals surface area (Å²) in [5.41, 5.74) is 7.33. The summed E-state index contributed by atoms with van der Waals surface area (Å²) in [6.45, 7) is 13.6. The van der Waals surface area contributed by atoms with Gasteiger partial charge in [0.05, 0.1) is 60.4 Å². The van der Waals surface area contributed by atoms with Gasteiger partial charge in [0, 0.05) is 35.6 Å². The molecule has 0 bridgehead atoms. The fourth-order valence-corrected chi connectivity index (χ4v) is 8.61. The van der Waals surface area contributed by atoms with E-state index in [2.05, 4.69) is 58.2 Å². The third-order valence-electron chi connectivity index (χ3n) is 11.0. The number of anilines is 4. The van der Waals surface area contributed by atoms with E-state index in [0.717, 1.165) is 62.4 Å². The molecule has 2 atom stereocenters. The molecule has 2 unspecified atom stereocenters. The minimum absolute atomic E-state index is 0.0146. The number of sulfonamides is 2. The summed E-state index contributed by atoms with van der Waals surface area (Å²) in [5.74, 6) is -1.35. The van der Waals surface area contributed by atoms with Crippen molar-refractivity contribution >= 4 is 54.4 Å². The summed E-state index contributed by atoms with van der Waals surface area (Å²) < 4.78 is 69.5. The zero-order chi connectivity index (χ0) is 48.1. The van der Waals surface area contributed by atoms with Crippen molar-refractivity contribution in [1.82, 2.24) is 9.44 Å². The van der Waals surface area contributed by atoms with Crippen molar-refractivity contribution in [2.24, 2.45) is 0 Å². The van der Waals surface area contributed by atoms with E-state index in [-0.39, 0.29) is 23.8 Å². The largest absolute Gasteiger partial charge is 0.355 e. The average molecular weight is 949 g/mol. The van der Waals surface area contributed by atoms with Crippen LogP contribution in [0.4, 0.5) is 22.7 Å². The molecule has 1 aliphatic carbocycles. The van der Waals surface area contributed by atoms with Crippen LogP contribution in [0.1, 0.15) is 123 Å². The first-order valence-electron chi connectivity index (χ1n) is 22.8. The molecule has 0 radical (unpaired) electrons. The van der Waals surface area contributed by atoms with Crippen LogP contribution in [0.3, 0.4) is 0 Å². The van der Waals surface area contributed by atoms with E-state index >= 15 is 0 Å². The molecule has 7 rings (SSSR count). The van der Waals surface area contributed by atoms with E-state index < -0.39 is 31.6 Å². The Balaban J connectivity index is 0.000000238. The van der Waals surface area contributed by atoms with Crippen LogP contribution in [0.25, 0.3) is 0 Å². The van der Waals surface area contributed by atoms with Crippen molar-refractivity contribution in [2.45, 2.75) is 117 Å². The van der Waals surface area contributed by atoms with Gasteiger partial charge in [-0.25, -0.2) is 26.3 Å². The van der Waals surface area contributed by atoms with Crippen LogP contribution in [-0.2, 0) is 51.8 Å². The first kappa shape index (κ1) is 52.4. The summed E-state index contributed by atoms with van der Waals surface area (Å²) >= 11 is 0. The van der Waals surface area contributed by atoms with Gasteiger partial charge in [-0.1, -0.05) is 75.2 Å². The van der Waals surface area contributed by atoms with Crippen LogP contribution >= 0.6 is 0 Å². The molecule has 4 aromatic rings. The lowest BCUT2D eigenvalue weighted by Crippen LogP contribution is -2.28. The number of ketones is 2. The number of benzene rings is 4. The molecule has 360 valence electrons. The molecule has 2 fully saturated rings. The van der Waals surface area contributed by atoms with Gasteiger partial charge in [0.2, 0.25) is 20.0 Å². The number of nitrogens with one attached hydrogen (secondary N) is 4. The van der Waals surface area contributed by atoms with Crippen molar-refractivity contribution in [3.63, 3.8) is 0 Å². The molecule has 0 spiro atoms. The molecule has 2 aliphatic heterocycles. The first-order chi connectivity index (χ1) is 31.2. The molecular weight excluding hydrogens is 881 g/mol. The monoisotopic (exact) mass is 948 g/mol. The summed E-state index contributed by atoms with van der Waals surface area (Å²) in [6.07, 6.45) is 10.3. The molecule has 4 N–H and O–H groups in total. The lowest BCUT2D eigenvalue weighted by Gasteiger charge is -2.24. The van der Waals surface area contributed by atoms with Crippen molar-refractivity contribution in [3.05, 3.63) is 118 Å². The predicted octanol–water partition coefficient (Wildman–Crippen LogP) is 8.79. The van der Waals surface area contributed by atoms with Crippen LogP contribution < -0.4 is 20.1 Å². The molecule has 16 heteroatoms. The minimum atomic E-state index is -3.09. The van der Waals surface area contributed by atoms with Crippen molar-refractivity contribution in [2.75, 3.05) is 49.4 Å². The van der Waals surface area contributed by atoms with Crippen molar-refractivity contribution in [1.29, 1.82) is 0 Å². The maximum Gasteiger partial charge on any atom is 0.208 e. The summed E-state index contributed by atoms with van der Waals surface area (Å²) in [4.78, 5) is 27.5. The summed E-state index contributed by atoms with van der Waals surface area (Å²) in [5, 5.41) is 6.83. The van der Waals surface area contributed by atoms with Crippen LogP contribution in [-0.4, -0.2) is 91.0 Å². The highest BCUT2D eigenvalue weighted by atomic mass is 32.2. The van der Waals surface area contributed by atoms with E-state index in [1.54, 1.807) is 24.3 Å². The van der Waals surface area contributed by atoms with Gasteiger partial charge in [0.1, 0.15) is 0 Å². The molecule has 0 saturated carbocycles. The number of carbonyl (C=O) groups is 2. The lowest BCUT2D eigenvalue weighted by molar-refractivity contribution is -0.139. The topological polar surface area (TPSA) is 187 Å². The van der Waals surface area contributed by atoms with Crippen molar-refractivity contribution in [3.8, 4) is 0 Å². The number of rotatable bonds is 18. The van der Waals surface area contributed by atoms with Gasteiger partial charge in [0.15, 0.2) is 23.1 Å². The third kappa shape index (κ3) is 16.4. The van der Waals surface area contributed by atoms with E-state index in [1.807, 2.05) is 64.1 Å². The van der Waals surface area contributed by atoms with Gasteiger partial charge >= 0.3 is 0 Å². The summed E-state index contributed by atoms with van der Waals surface area (Å²) in [6, 6.07) is 27.5. The molecular formula is C50H68N4O10S2. The molecule has 14 nitrogen and oxygen atoms in total. The minimum Gasteiger partial charge on any atom is -0.355 e. The van der Waals surface area contributed by atoms with Gasteiger partial charge in [-0.15, -0.1) is 0 Å². The fourth-order valence-electron chi connectivity index (χ4n) is 7.63. The highest BCUT2D eigenvalue weighted by Gasteiger charge is 2.35. The molecule has 4 aromatic carbocycles. The highest BCUT2D eigenvalue weighted by molar-refractivity contribution is 7.89. The molecule has 2 heterocycles. The second-order valence-corrected chi connectivity index (χ2v) is 21.4. The molecule has 0 aromatic heterocycles. The number of hydrogen-bond acceptors (Lipinski definition) is 12. The summed E-state index contributed by atoms with van der Waals surface area (Å²) in [7, 11) is -6.18. The third-order valence-corrected chi connectivity index (χ3v) is 12.4. The second kappa shape index (κ2) is 23.5. The quantitative estimate of drug-likeness (QED) is 0.0655. The van der Waals surface area contributed by atoms with Gasteiger partial charge in [0.25, 0.3) is 0 Å². The Morgan fingerprint density at radius 2 is 0.924 bits per heavy atom. The molecule has 66 heavy (non-hydrogen) atoms. The van der Waals surface area contributed by atoms with Crippen LogP contribution in [0.2, 0.25) is 0 Å². The number of fused-ring (bicyclic) bond motifs is 2. The maximum atomic E-state index is 13.8. The standard InChI is InChI=1S/C34H34N2O2.2C8H17NO4S/c1-3-5-9-23-13-17-25(18-14-23)35-29-21-22-30(36-26-19-15-24(16-20-26)10-6-4-2)32-31(29)33(37)27-11-7-8-12-28(27)34(32)38;2*1-8(2)12-6-7(13-8)4-5-9-14(3,10)11/h7-8,11-22,35-36H,3-6,9-10H2,1-2H3;2*7,9H,4-6H2,1-3H3. The van der Waals surface area contributed by atoms with Crippen LogP contribution in [0.15, 0.2) is 84.9 Å². The maximum absolute atomic E-state index is 13.8. The Bertz CT molecular complexity index is 2300. The van der Waals surface area contributed by atoms with Gasteiger partial charge in [-0.2, -0.15) is 0 Å². The van der Waals surface area contributed by atoms with Gasteiger partial charge in [-0.05, 0) is 114 Å². The molecule has 3 aliphatic rings. The normalized spacial score (nSPS) is 18.3. The van der Waals surface area contributed by atoms with Crippen LogP contribution in [0.5, 0.6) is 0 Å². The lowest BCUT2D eigenvalue weighted by atomic mass is 9.82. The zero-order valence-corrected chi connectivity index (χ0v) is 41.3. The SMILES string of the molecule is CC1(C)OCC(CCNS(C)(=O)=O)O1.CC1(C)OCC(CCNS(C)(=O)=O)O1.CCCCc1ccc(Nc2ccc(Nc3ccc(CCCC)cc3)c3c2C(=O)c2ccccc2C3=O)cc1.